The first-order valence-corrected chi connectivity index (χ1v) is 12.1. The first-order valence-electron chi connectivity index (χ1n) is 11.7. The number of thiocarbonyl (C=S) groups is 1. The summed E-state index contributed by atoms with van der Waals surface area (Å²) >= 11 is 5.86. The van der Waals surface area contributed by atoms with E-state index in [-0.39, 0.29) is 5.75 Å². The smallest absolute Gasteiger partial charge is 0.169 e. The predicted molar refractivity (Wildman–Crippen MR) is 136 cm³/mol. The SMILES string of the molecule is CCOc1cc(CN(CCc2c[nH]c3ccc(OC)cc23)C(=S)NC2CCCC2)ccc1O. The molecule has 2 aromatic carbocycles. The van der Waals surface area contributed by atoms with Crippen LogP contribution in [-0.4, -0.2) is 46.4 Å². The van der Waals surface area contributed by atoms with Crippen LogP contribution >= 0.6 is 12.2 Å². The van der Waals surface area contributed by atoms with Gasteiger partial charge in [-0.2, -0.15) is 0 Å². The highest BCUT2D eigenvalue weighted by atomic mass is 32.1. The number of hydrogen-bond acceptors (Lipinski definition) is 4. The van der Waals surface area contributed by atoms with Gasteiger partial charge < -0.3 is 29.8 Å². The second-order valence-corrected chi connectivity index (χ2v) is 8.95. The Bertz CT molecular complexity index is 1090. The molecule has 1 fully saturated rings. The molecule has 7 heteroatoms. The van der Waals surface area contributed by atoms with Gasteiger partial charge >= 0.3 is 0 Å². The summed E-state index contributed by atoms with van der Waals surface area (Å²) in [6.07, 6.45) is 7.77. The molecule has 0 spiro atoms. The zero-order valence-corrected chi connectivity index (χ0v) is 20.2. The molecule has 0 radical (unpaired) electrons. The summed E-state index contributed by atoms with van der Waals surface area (Å²) < 4.78 is 11.0. The number of ether oxygens (including phenoxy) is 2. The van der Waals surface area contributed by atoms with E-state index in [1.165, 1.54) is 36.6 Å². The zero-order valence-electron chi connectivity index (χ0n) is 19.4. The predicted octanol–water partition coefficient (Wildman–Crippen LogP) is 5.14. The fourth-order valence-electron chi connectivity index (χ4n) is 4.48. The van der Waals surface area contributed by atoms with Gasteiger partial charge in [-0.15, -0.1) is 0 Å². The maximum Gasteiger partial charge on any atom is 0.169 e. The van der Waals surface area contributed by atoms with Crippen LogP contribution in [0.2, 0.25) is 0 Å². The summed E-state index contributed by atoms with van der Waals surface area (Å²) in [5, 5.41) is 15.6. The van der Waals surface area contributed by atoms with Gasteiger partial charge in [0.1, 0.15) is 5.75 Å². The maximum atomic E-state index is 10.1. The molecule has 4 rings (SSSR count). The van der Waals surface area contributed by atoms with Crippen LogP contribution in [0.3, 0.4) is 0 Å². The largest absolute Gasteiger partial charge is 0.504 e. The molecule has 1 heterocycles. The van der Waals surface area contributed by atoms with Gasteiger partial charge in [0, 0.05) is 36.2 Å². The van der Waals surface area contributed by atoms with Crippen LogP contribution in [-0.2, 0) is 13.0 Å². The van der Waals surface area contributed by atoms with Crippen molar-refractivity contribution < 1.29 is 14.6 Å². The summed E-state index contributed by atoms with van der Waals surface area (Å²) in [5.74, 6) is 1.52. The Kier molecular flexibility index (Phi) is 7.60. The molecule has 1 saturated carbocycles. The highest BCUT2D eigenvalue weighted by molar-refractivity contribution is 7.80. The summed E-state index contributed by atoms with van der Waals surface area (Å²) in [4.78, 5) is 5.58. The van der Waals surface area contributed by atoms with E-state index in [0.29, 0.717) is 24.9 Å². The lowest BCUT2D eigenvalue weighted by atomic mass is 10.1. The second kappa shape index (κ2) is 10.8. The van der Waals surface area contributed by atoms with E-state index < -0.39 is 0 Å². The number of rotatable bonds is 9. The first kappa shape index (κ1) is 23.2. The molecule has 6 nitrogen and oxygen atoms in total. The molecule has 1 aromatic heterocycles. The summed E-state index contributed by atoms with van der Waals surface area (Å²) in [5.41, 5.74) is 3.38. The Labute approximate surface area is 200 Å². The number of aromatic amines is 1. The Hall–Kier alpha value is -2.93. The van der Waals surface area contributed by atoms with Crippen molar-refractivity contribution in [1.29, 1.82) is 0 Å². The minimum Gasteiger partial charge on any atom is -0.504 e. The number of H-pyrrole nitrogens is 1. The second-order valence-electron chi connectivity index (χ2n) is 8.56. The van der Waals surface area contributed by atoms with Crippen LogP contribution in [0.1, 0.15) is 43.7 Å². The standard InChI is InChI=1S/C26H33N3O3S/c1-3-32-25-14-18(8-11-24(25)30)17-29(26(33)28-20-6-4-5-7-20)13-12-19-16-27-23-10-9-21(31-2)15-22(19)23/h8-11,14-16,20,27,30H,3-7,12-13,17H2,1-2H3,(H,28,33). The highest BCUT2D eigenvalue weighted by Crippen LogP contribution is 2.28. The van der Waals surface area contributed by atoms with E-state index in [1.807, 2.05) is 31.2 Å². The average Bonchev–Trinajstić information content (AvgIpc) is 3.48. The molecule has 3 N–H and O–H groups in total. The molecule has 1 aliphatic carbocycles. The van der Waals surface area contributed by atoms with Gasteiger partial charge in [-0.25, -0.2) is 0 Å². The van der Waals surface area contributed by atoms with Crippen molar-refractivity contribution in [1.82, 2.24) is 15.2 Å². The molecular weight excluding hydrogens is 434 g/mol. The van der Waals surface area contributed by atoms with Gasteiger partial charge in [-0.05, 0) is 79.9 Å². The molecular formula is C26H33N3O3S. The number of phenols is 1. The fraction of sp³-hybridized carbons (Fsp3) is 0.423. The van der Waals surface area contributed by atoms with Crippen LogP contribution in [0, 0.1) is 0 Å². The lowest BCUT2D eigenvalue weighted by molar-refractivity contribution is 0.316. The maximum absolute atomic E-state index is 10.1. The molecule has 0 amide bonds. The minimum absolute atomic E-state index is 0.159. The number of nitrogens with one attached hydrogen (secondary N) is 2. The van der Waals surface area contributed by atoms with E-state index in [0.717, 1.165) is 34.9 Å². The highest BCUT2D eigenvalue weighted by Gasteiger charge is 2.20. The van der Waals surface area contributed by atoms with Crippen LogP contribution in [0.25, 0.3) is 10.9 Å². The summed E-state index contributed by atoms with van der Waals surface area (Å²) in [7, 11) is 1.69. The number of aromatic nitrogens is 1. The Morgan fingerprint density at radius 2 is 2.03 bits per heavy atom. The van der Waals surface area contributed by atoms with Crippen LogP contribution < -0.4 is 14.8 Å². The Morgan fingerprint density at radius 3 is 2.79 bits per heavy atom. The number of phenolic OH excluding ortho intramolecular Hbond substituents is 1. The third kappa shape index (κ3) is 5.71. The number of nitrogens with zero attached hydrogens (tertiary/aromatic N) is 1. The van der Waals surface area contributed by atoms with Crippen LogP contribution in [0.5, 0.6) is 17.2 Å². The lowest BCUT2D eigenvalue weighted by Crippen LogP contribution is -2.44. The molecule has 1 aliphatic rings. The number of fused-ring (bicyclic) bond motifs is 1. The van der Waals surface area contributed by atoms with Crippen molar-refractivity contribution in [2.45, 2.75) is 51.6 Å². The normalized spacial score (nSPS) is 13.9. The molecule has 0 saturated heterocycles. The molecule has 3 aromatic rings. The van der Waals surface area contributed by atoms with E-state index >= 15 is 0 Å². The zero-order chi connectivity index (χ0) is 23.2. The van der Waals surface area contributed by atoms with Crippen molar-refractivity contribution in [3.8, 4) is 17.2 Å². The lowest BCUT2D eigenvalue weighted by Gasteiger charge is -2.28. The van der Waals surface area contributed by atoms with Gasteiger partial charge in [0.05, 0.1) is 13.7 Å². The third-order valence-corrected chi connectivity index (χ3v) is 6.67. The Balaban J connectivity index is 1.52. The molecule has 0 atom stereocenters. The summed E-state index contributed by atoms with van der Waals surface area (Å²) in [6, 6.07) is 12.1. The quantitative estimate of drug-likeness (QED) is 0.379. The van der Waals surface area contributed by atoms with E-state index in [2.05, 4.69) is 27.5 Å². The number of hydrogen-bond donors (Lipinski definition) is 3. The van der Waals surface area contributed by atoms with Gasteiger partial charge in [-0.3, -0.25) is 0 Å². The van der Waals surface area contributed by atoms with Gasteiger partial charge in [-0.1, -0.05) is 18.9 Å². The summed E-state index contributed by atoms with van der Waals surface area (Å²) in [6.45, 7) is 3.83. The van der Waals surface area contributed by atoms with E-state index in [1.54, 1.807) is 13.2 Å². The van der Waals surface area contributed by atoms with E-state index in [9.17, 15) is 5.11 Å². The van der Waals surface area contributed by atoms with Crippen LogP contribution in [0.15, 0.2) is 42.6 Å². The van der Waals surface area contributed by atoms with Crippen molar-refractivity contribution in [3.05, 3.63) is 53.7 Å². The van der Waals surface area contributed by atoms with Crippen molar-refractivity contribution in [2.24, 2.45) is 0 Å². The molecule has 0 aliphatic heterocycles. The van der Waals surface area contributed by atoms with Gasteiger partial charge in [0.25, 0.3) is 0 Å². The Morgan fingerprint density at radius 1 is 1.21 bits per heavy atom. The fourth-order valence-corrected chi connectivity index (χ4v) is 4.81. The number of methoxy groups -OCH3 is 1. The van der Waals surface area contributed by atoms with Crippen molar-refractivity contribution in [2.75, 3.05) is 20.3 Å². The number of aromatic hydroxyl groups is 1. The van der Waals surface area contributed by atoms with E-state index in [4.69, 9.17) is 21.7 Å². The van der Waals surface area contributed by atoms with Gasteiger partial charge in [0.15, 0.2) is 16.6 Å². The van der Waals surface area contributed by atoms with Crippen molar-refractivity contribution in [3.63, 3.8) is 0 Å². The molecule has 0 bridgehead atoms. The molecule has 33 heavy (non-hydrogen) atoms. The third-order valence-electron chi connectivity index (χ3n) is 6.29. The topological polar surface area (TPSA) is 69.8 Å². The van der Waals surface area contributed by atoms with Gasteiger partial charge in [0.2, 0.25) is 0 Å². The minimum atomic E-state index is 0.159. The van der Waals surface area contributed by atoms with Crippen LogP contribution in [0.4, 0.5) is 0 Å². The average molecular weight is 468 g/mol. The molecule has 0 unspecified atom stereocenters. The monoisotopic (exact) mass is 467 g/mol. The first-order chi connectivity index (χ1) is 16.1. The molecule has 176 valence electrons. The number of benzene rings is 2. The van der Waals surface area contributed by atoms with Crippen molar-refractivity contribution >= 4 is 28.2 Å².